The topological polar surface area (TPSA) is 54.2 Å². The number of para-hydroxylation sites is 2. The number of hydrogen-bond donors (Lipinski definition) is 2. The van der Waals surface area contributed by atoms with E-state index in [-0.39, 0.29) is 24.0 Å². The van der Waals surface area contributed by atoms with E-state index in [0.29, 0.717) is 0 Å². The molecule has 0 aliphatic heterocycles. The SMILES string of the molecule is C=CCNC(=NCCCn1c(C)nc2ccccc21)NCC.I. The number of guanidine groups is 1. The molecule has 0 aliphatic carbocycles. The summed E-state index contributed by atoms with van der Waals surface area (Å²) >= 11 is 0. The number of aliphatic imine (C=N–C) groups is 1. The van der Waals surface area contributed by atoms with Gasteiger partial charge in [-0.15, -0.1) is 30.6 Å². The van der Waals surface area contributed by atoms with Crippen LogP contribution in [0.2, 0.25) is 0 Å². The molecule has 126 valence electrons. The molecule has 2 N–H and O–H groups in total. The first-order valence-electron chi connectivity index (χ1n) is 7.81. The Morgan fingerprint density at radius 1 is 1.35 bits per heavy atom. The predicted molar refractivity (Wildman–Crippen MR) is 109 cm³/mol. The standard InChI is InChI=1S/C17H25N5.HI/c1-4-11-19-17(18-5-2)20-12-8-13-22-14(3)21-15-9-6-7-10-16(15)22;/h4,6-7,9-10H,1,5,8,11-13H2,2-3H3,(H2,18,19,20);1H. The fourth-order valence-electron chi connectivity index (χ4n) is 2.41. The van der Waals surface area contributed by atoms with Crippen LogP contribution in [0, 0.1) is 6.92 Å². The van der Waals surface area contributed by atoms with Crippen LogP contribution in [0.5, 0.6) is 0 Å². The molecule has 0 radical (unpaired) electrons. The molecule has 0 fully saturated rings. The maximum Gasteiger partial charge on any atom is 0.191 e. The van der Waals surface area contributed by atoms with E-state index in [4.69, 9.17) is 0 Å². The van der Waals surface area contributed by atoms with Crippen LogP contribution in [-0.4, -0.2) is 35.1 Å². The third-order valence-corrected chi connectivity index (χ3v) is 3.41. The number of imidazole rings is 1. The monoisotopic (exact) mass is 427 g/mol. The number of fused-ring (bicyclic) bond motifs is 1. The first kappa shape index (κ1) is 19.5. The highest BCUT2D eigenvalue weighted by atomic mass is 127. The number of benzene rings is 1. The van der Waals surface area contributed by atoms with Crippen LogP contribution in [0.25, 0.3) is 11.0 Å². The molecule has 0 bridgehead atoms. The second kappa shape index (κ2) is 10.3. The molecule has 2 aromatic rings. The van der Waals surface area contributed by atoms with E-state index in [0.717, 1.165) is 49.9 Å². The molecule has 2 rings (SSSR count). The molecule has 0 saturated heterocycles. The molecule has 1 heterocycles. The van der Waals surface area contributed by atoms with Crippen molar-refractivity contribution in [2.75, 3.05) is 19.6 Å². The fraction of sp³-hybridized carbons (Fsp3) is 0.412. The molecule has 1 aromatic carbocycles. The lowest BCUT2D eigenvalue weighted by Gasteiger charge is -2.10. The average Bonchev–Trinajstić information content (AvgIpc) is 2.84. The Morgan fingerprint density at radius 3 is 2.87 bits per heavy atom. The zero-order chi connectivity index (χ0) is 15.8. The van der Waals surface area contributed by atoms with Gasteiger partial charge in [-0.1, -0.05) is 18.2 Å². The van der Waals surface area contributed by atoms with Crippen molar-refractivity contribution < 1.29 is 0 Å². The smallest absolute Gasteiger partial charge is 0.191 e. The van der Waals surface area contributed by atoms with Crippen molar-refractivity contribution in [2.24, 2.45) is 4.99 Å². The van der Waals surface area contributed by atoms with Gasteiger partial charge in [0.1, 0.15) is 5.82 Å². The van der Waals surface area contributed by atoms with Gasteiger partial charge in [-0.25, -0.2) is 4.98 Å². The van der Waals surface area contributed by atoms with Crippen molar-refractivity contribution in [3.63, 3.8) is 0 Å². The van der Waals surface area contributed by atoms with Gasteiger partial charge in [0.2, 0.25) is 0 Å². The Bertz CT molecular complexity index is 647. The van der Waals surface area contributed by atoms with Gasteiger partial charge in [-0.2, -0.15) is 0 Å². The van der Waals surface area contributed by atoms with Crippen molar-refractivity contribution >= 4 is 41.0 Å². The van der Waals surface area contributed by atoms with E-state index in [1.165, 1.54) is 5.52 Å². The summed E-state index contributed by atoms with van der Waals surface area (Å²) in [6, 6.07) is 8.26. The molecule has 5 nitrogen and oxygen atoms in total. The minimum atomic E-state index is 0. The molecule has 23 heavy (non-hydrogen) atoms. The summed E-state index contributed by atoms with van der Waals surface area (Å²) in [5.74, 6) is 1.90. The van der Waals surface area contributed by atoms with Crippen LogP contribution in [0.3, 0.4) is 0 Å². The van der Waals surface area contributed by atoms with Gasteiger partial charge in [0.25, 0.3) is 0 Å². The predicted octanol–water partition coefficient (Wildman–Crippen LogP) is 3.09. The van der Waals surface area contributed by atoms with Gasteiger partial charge in [0.15, 0.2) is 5.96 Å². The quantitative estimate of drug-likeness (QED) is 0.235. The number of nitrogens with one attached hydrogen (secondary N) is 2. The van der Waals surface area contributed by atoms with Crippen molar-refractivity contribution in [3.05, 3.63) is 42.7 Å². The summed E-state index contributed by atoms with van der Waals surface area (Å²) in [6.45, 7) is 11.1. The molecule has 0 atom stereocenters. The van der Waals surface area contributed by atoms with Gasteiger partial charge in [0, 0.05) is 26.2 Å². The Hall–Kier alpha value is -1.57. The second-order valence-electron chi connectivity index (χ2n) is 5.08. The Kier molecular flexibility index (Phi) is 8.68. The minimum Gasteiger partial charge on any atom is -0.357 e. The Labute approximate surface area is 155 Å². The maximum atomic E-state index is 4.59. The van der Waals surface area contributed by atoms with Crippen molar-refractivity contribution in [2.45, 2.75) is 26.8 Å². The maximum absolute atomic E-state index is 4.59. The van der Waals surface area contributed by atoms with Gasteiger partial charge in [0.05, 0.1) is 11.0 Å². The first-order valence-corrected chi connectivity index (χ1v) is 7.81. The Morgan fingerprint density at radius 2 is 2.13 bits per heavy atom. The number of hydrogen-bond acceptors (Lipinski definition) is 2. The number of rotatable bonds is 7. The molecule has 0 unspecified atom stereocenters. The zero-order valence-corrected chi connectivity index (χ0v) is 16.2. The summed E-state index contributed by atoms with van der Waals surface area (Å²) in [4.78, 5) is 9.16. The molecular formula is C17H26IN5. The van der Waals surface area contributed by atoms with Crippen molar-refractivity contribution in [1.82, 2.24) is 20.2 Å². The molecule has 6 heteroatoms. The highest BCUT2D eigenvalue weighted by Gasteiger charge is 2.05. The summed E-state index contributed by atoms with van der Waals surface area (Å²) in [6.07, 6.45) is 2.81. The van der Waals surface area contributed by atoms with Crippen molar-refractivity contribution in [1.29, 1.82) is 0 Å². The first-order chi connectivity index (χ1) is 10.8. The number of nitrogens with zero attached hydrogens (tertiary/aromatic N) is 3. The van der Waals surface area contributed by atoms with Gasteiger partial charge >= 0.3 is 0 Å². The third kappa shape index (κ3) is 5.53. The lowest BCUT2D eigenvalue weighted by atomic mass is 10.3. The minimum absolute atomic E-state index is 0. The summed E-state index contributed by atoms with van der Waals surface area (Å²) in [5.41, 5.74) is 2.25. The van der Waals surface area contributed by atoms with Crippen LogP contribution in [0.4, 0.5) is 0 Å². The largest absolute Gasteiger partial charge is 0.357 e. The second-order valence-corrected chi connectivity index (χ2v) is 5.08. The molecule has 0 saturated carbocycles. The normalized spacial score (nSPS) is 11.1. The summed E-state index contributed by atoms with van der Waals surface area (Å²) in [7, 11) is 0. The number of aromatic nitrogens is 2. The average molecular weight is 427 g/mol. The fourth-order valence-corrected chi connectivity index (χ4v) is 2.41. The summed E-state index contributed by atoms with van der Waals surface area (Å²) < 4.78 is 2.26. The third-order valence-electron chi connectivity index (χ3n) is 3.41. The molecule has 0 amide bonds. The molecule has 0 aliphatic rings. The van der Waals surface area contributed by atoms with Crippen LogP contribution in [-0.2, 0) is 6.54 Å². The zero-order valence-electron chi connectivity index (χ0n) is 13.9. The molecule has 1 aromatic heterocycles. The van der Waals surface area contributed by atoms with E-state index in [9.17, 15) is 0 Å². The van der Waals surface area contributed by atoms with E-state index in [1.54, 1.807) is 0 Å². The van der Waals surface area contributed by atoms with Gasteiger partial charge in [-0.3, -0.25) is 4.99 Å². The van der Waals surface area contributed by atoms with E-state index >= 15 is 0 Å². The van der Waals surface area contributed by atoms with Crippen LogP contribution < -0.4 is 10.6 Å². The van der Waals surface area contributed by atoms with Crippen LogP contribution in [0.1, 0.15) is 19.2 Å². The molecular weight excluding hydrogens is 401 g/mol. The number of halogens is 1. The number of aryl methyl sites for hydroxylation is 2. The van der Waals surface area contributed by atoms with E-state index in [1.807, 2.05) is 12.1 Å². The van der Waals surface area contributed by atoms with Crippen molar-refractivity contribution in [3.8, 4) is 0 Å². The highest BCUT2D eigenvalue weighted by Crippen LogP contribution is 2.15. The van der Waals surface area contributed by atoms with Gasteiger partial charge in [-0.05, 0) is 32.4 Å². The lowest BCUT2D eigenvalue weighted by Crippen LogP contribution is -2.37. The van der Waals surface area contributed by atoms with Crippen LogP contribution in [0.15, 0.2) is 41.9 Å². The molecule has 0 spiro atoms. The van der Waals surface area contributed by atoms with E-state index < -0.39 is 0 Å². The van der Waals surface area contributed by atoms with E-state index in [2.05, 4.69) is 63.8 Å². The van der Waals surface area contributed by atoms with Gasteiger partial charge < -0.3 is 15.2 Å². The lowest BCUT2D eigenvalue weighted by molar-refractivity contribution is 0.646. The highest BCUT2D eigenvalue weighted by molar-refractivity contribution is 14.0. The van der Waals surface area contributed by atoms with Crippen LogP contribution >= 0.6 is 24.0 Å². The summed E-state index contributed by atoms with van der Waals surface area (Å²) in [5, 5.41) is 6.43. The Balaban J connectivity index is 0.00000264.